The number of rotatable bonds is 5. The maximum Gasteiger partial charge on any atom is 0.263 e. The van der Waals surface area contributed by atoms with E-state index in [9.17, 15) is 15.0 Å². The Kier molecular flexibility index (Phi) is 5.12. The molecule has 126 valence electrons. The van der Waals surface area contributed by atoms with E-state index in [-0.39, 0.29) is 18.3 Å². The molecule has 0 spiro atoms. The van der Waals surface area contributed by atoms with Crippen LogP contribution in [0.5, 0.6) is 0 Å². The summed E-state index contributed by atoms with van der Waals surface area (Å²) < 4.78 is 0. The van der Waals surface area contributed by atoms with Crippen molar-refractivity contribution >= 4 is 5.91 Å². The maximum atomic E-state index is 11.8. The van der Waals surface area contributed by atoms with Crippen LogP contribution in [0.25, 0.3) is 0 Å². The molecule has 1 aromatic rings. The predicted octanol–water partition coefficient (Wildman–Crippen LogP) is 1.98. The van der Waals surface area contributed by atoms with Crippen LogP contribution < -0.4 is 5.43 Å². The van der Waals surface area contributed by atoms with Gasteiger partial charge < -0.3 is 10.2 Å². The summed E-state index contributed by atoms with van der Waals surface area (Å²) in [6.07, 6.45) is 3.80. The van der Waals surface area contributed by atoms with Crippen LogP contribution in [-0.2, 0) is 29.6 Å². The lowest BCUT2D eigenvalue weighted by Gasteiger charge is -2.41. The summed E-state index contributed by atoms with van der Waals surface area (Å²) in [5.74, 6) is -0.491. The fraction of sp³-hybridized carbons (Fsp3) is 0.500. The molecule has 1 amide bonds. The number of amides is 1. The summed E-state index contributed by atoms with van der Waals surface area (Å²) in [4.78, 5) is 11.8. The Morgan fingerprint density at radius 3 is 2.30 bits per heavy atom. The molecule has 1 unspecified atom stereocenters. The van der Waals surface area contributed by atoms with Crippen LogP contribution in [0.15, 0.2) is 24.0 Å². The molecule has 0 fully saturated rings. The molecule has 2 rings (SSSR count). The zero-order chi connectivity index (χ0) is 17.2. The Bertz CT molecular complexity index is 639. The largest absolute Gasteiger partial charge is 0.510 e. The Hall–Kier alpha value is -1.85. The molecule has 0 saturated heterocycles. The van der Waals surface area contributed by atoms with Gasteiger partial charge in [0.05, 0.1) is 6.61 Å². The van der Waals surface area contributed by atoms with Gasteiger partial charge in [-0.1, -0.05) is 32.9 Å². The highest BCUT2D eigenvalue weighted by Gasteiger charge is 2.43. The van der Waals surface area contributed by atoms with Crippen LogP contribution in [0.3, 0.4) is 0 Å². The van der Waals surface area contributed by atoms with E-state index in [1.165, 1.54) is 22.2 Å². The van der Waals surface area contributed by atoms with Crippen molar-refractivity contribution in [3.05, 3.63) is 46.2 Å². The number of nitrogens with one attached hydrogen (secondary N) is 1. The highest BCUT2D eigenvalue weighted by molar-refractivity contribution is 5.89. The average molecular weight is 318 g/mol. The maximum absolute atomic E-state index is 11.8. The summed E-state index contributed by atoms with van der Waals surface area (Å²) in [6.45, 7) is 5.97. The average Bonchev–Trinajstić information content (AvgIpc) is 2.56. The molecule has 0 aliphatic carbocycles. The first-order chi connectivity index (χ1) is 10.9. The molecule has 1 aliphatic heterocycles. The molecule has 0 radical (unpaired) electrons. The van der Waals surface area contributed by atoms with Gasteiger partial charge in [-0.2, -0.15) is 0 Å². The summed E-state index contributed by atoms with van der Waals surface area (Å²) in [5, 5.41) is 21.8. The van der Waals surface area contributed by atoms with E-state index in [1.54, 1.807) is 7.05 Å². The van der Waals surface area contributed by atoms with Crippen molar-refractivity contribution in [2.45, 2.75) is 45.6 Å². The standard InChI is InChI=1S/C18H26N2O3/c1-5-12-8-9-15(14(7-3)13(12)6-2)18(11-21)16(22)10-17(23)20(4)19-18/h8-10,19,21-22H,5-7,11H2,1-4H3. The van der Waals surface area contributed by atoms with Crippen molar-refractivity contribution in [2.75, 3.05) is 13.7 Å². The summed E-state index contributed by atoms with van der Waals surface area (Å²) in [7, 11) is 1.59. The van der Waals surface area contributed by atoms with E-state index >= 15 is 0 Å². The first-order valence-electron chi connectivity index (χ1n) is 8.16. The van der Waals surface area contributed by atoms with Gasteiger partial charge in [0.25, 0.3) is 5.91 Å². The van der Waals surface area contributed by atoms with Crippen LogP contribution >= 0.6 is 0 Å². The van der Waals surface area contributed by atoms with Gasteiger partial charge in [-0.25, -0.2) is 5.43 Å². The second kappa shape index (κ2) is 6.72. The quantitative estimate of drug-likeness (QED) is 0.776. The number of aliphatic hydroxyl groups is 2. The summed E-state index contributed by atoms with van der Waals surface area (Å²) >= 11 is 0. The minimum Gasteiger partial charge on any atom is -0.510 e. The molecule has 0 bridgehead atoms. The van der Waals surface area contributed by atoms with Gasteiger partial charge in [0, 0.05) is 13.1 Å². The minimum absolute atomic E-state index is 0.149. The normalized spacial score (nSPS) is 21.5. The fourth-order valence-electron chi connectivity index (χ4n) is 3.45. The number of aryl methyl sites for hydroxylation is 1. The molecule has 1 atom stereocenters. The van der Waals surface area contributed by atoms with Crippen LogP contribution in [0.4, 0.5) is 0 Å². The first-order valence-corrected chi connectivity index (χ1v) is 8.16. The molecule has 3 N–H and O–H groups in total. The summed E-state index contributed by atoms with van der Waals surface area (Å²) in [5.41, 5.74) is 6.28. The highest BCUT2D eigenvalue weighted by Crippen LogP contribution is 2.36. The predicted molar refractivity (Wildman–Crippen MR) is 90.0 cm³/mol. The lowest BCUT2D eigenvalue weighted by atomic mass is 9.80. The number of carbonyl (C=O) groups is 1. The molecule has 1 heterocycles. The number of hydrogen-bond donors (Lipinski definition) is 3. The number of likely N-dealkylation sites (N-methyl/N-ethyl adjacent to an activating group) is 1. The Balaban J connectivity index is 2.72. The van der Waals surface area contributed by atoms with Crippen molar-refractivity contribution in [2.24, 2.45) is 0 Å². The van der Waals surface area contributed by atoms with Crippen molar-refractivity contribution in [1.82, 2.24) is 10.4 Å². The number of aliphatic hydroxyl groups excluding tert-OH is 2. The lowest BCUT2D eigenvalue weighted by Crippen LogP contribution is -2.59. The van der Waals surface area contributed by atoms with Gasteiger partial charge in [-0.3, -0.25) is 9.80 Å². The van der Waals surface area contributed by atoms with Gasteiger partial charge in [0.15, 0.2) is 0 Å². The van der Waals surface area contributed by atoms with Gasteiger partial charge in [-0.15, -0.1) is 0 Å². The number of nitrogens with zero attached hydrogens (tertiary/aromatic N) is 1. The first kappa shape index (κ1) is 17.5. The number of hydrogen-bond acceptors (Lipinski definition) is 4. The van der Waals surface area contributed by atoms with E-state index in [0.29, 0.717) is 0 Å². The number of hydrazine groups is 1. The highest BCUT2D eigenvalue weighted by atomic mass is 16.3. The monoisotopic (exact) mass is 318 g/mol. The zero-order valence-corrected chi connectivity index (χ0v) is 14.3. The molecular weight excluding hydrogens is 292 g/mol. The Morgan fingerprint density at radius 2 is 1.78 bits per heavy atom. The molecule has 0 aromatic heterocycles. The Morgan fingerprint density at radius 1 is 1.13 bits per heavy atom. The third kappa shape index (κ3) is 2.75. The van der Waals surface area contributed by atoms with Crippen molar-refractivity contribution in [3.63, 3.8) is 0 Å². The second-order valence-corrected chi connectivity index (χ2v) is 5.89. The molecule has 23 heavy (non-hydrogen) atoms. The van der Waals surface area contributed by atoms with Crippen molar-refractivity contribution in [1.29, 1.82) is 0 Å². The number of benzene rings is 1. The smallest absolute Gasteiger partial charge is 0.263 e. The van der Waals surface area contributed by atoms with E-state index in [2.05, 4.69) is 32.3 Å². The second-order valence-electron chi connectivity index (χ2n) is 5.89. The molecular formula is C18H26N2O3. The molecule has 1 aliphatic rings. The van der Waals surface area contributed by atoms with Crippen LogP contribution in [0.1, 0.15) is 43.0 Å². The van der Waals surface area contributed by atoms with Crippen LogP contribution in [0, 0.1) is 0 Å². The molecule has 5 nitrogen and oxygen atoms in total. The fourth-order valence-corrected chi connectivity index (χ4v) is 3.45. The molecule has 0 saturated carbocycles. The minimum atomic E-state index is -1.18. The SMILES string of the molecule is CCc1ccc(C2(CO)NN(C)C(=O)C=C2O)c(CC)c1CC. The number of carbonyl (C=O) groups excluding carboxylic acids is 1. The van der Waals surface area contributed by atoms with E-state index in [1.807, 2.05) is 6.07 Å². The van der Waals surface area contributed by atoms with Crippen LogP contribution in [0.2, 0.25) is 0 Å². The molecule has 5 heteroatoms. The third-order valence-electron chi connectivity index (χ3n) is 4.70. The van der Waals surface area contributed by atoms with Gasteiger partial charge in [0.1, 0.15) is 11.3 Å². The van der Waals surface area contributed by atoms with Gasteiger partial charge in [0.2, 0.25) is 0 Å². The topological polar surface area (TPSA) is 72.8 Å². The van der Waals surface area contributed by atoms with Crippen molar-refractivity contribution in [3.8, 4) is 0 Å². The van der Waals surface area contributed by atoms with Crippen LogP contribution in [-0.4, -0.2) is 34.8 Å². The lowest BCUT2D eigenvalue weighted by molar-refractivity contribution is -0.132. The van der Waals surface area contributed by atoms with E-state index in [4.69, 9.17) is 0 Å². The Labute approximate surface area is 137 Å². The summed E-state index contributed by atoms with van der Waals surface area (Å²) in [6, 6.07) is 4.00. The van der Waals surface area contributed by atoms with Gasteiger partial charge in [-0.05, 0) is 41.5 Å². The molecule has 1 aromatic carbocycles. The zero-order valence-electron chi connectivity index (χ0n) is 14.3. The third-order valence-corrected chi connectivity index (χ3v) is 4.70. The van der Waals surface area contributed by atoms with Crippen molar-refractivity contribution < 1.29 is 15.0 Å². The van der Waals surface area contributed by atoms with Gasteiger partial charge >= 0.3 is 0 Å². The van der Waals surface area contributed by atoms with E-state index < -0.39 is 5.54 Å². The van der Waals surface area contributed by atoms with E-state index in [0.717, 1.165) is 30.4 Å².